The molecule has 0 amide bonds. The van der Waals surface area contributed by atoms with Gasteiger partial charge in [-0.3, -0.25) is 0 Å². The van der Waals surface area contributed by atoms with Crippen molar-refractivity contribution >= 4 is 11.4 Å². The van der Waals surface area contributed by atoms with Gasteiger partial charge in [-0.05, 0) is 37.3 Å². The van der Waals surface area contributed by atoms with E-state index >= 15 is 0 Å². The van der Waals surface area contributed by atoms with Crippen molar-refractivity contribution in [3.05, 3.63) is 18.2 Å². The molecule has 0 aromatic heterocycles. The summed E-state index contributed by atoms with van der Waals surface area (Å²) in [7, 11) is 0. The van der Waals surface area contributed by atoms with E-state index in [4.69, 9.17) is 10.5 Å². The van der Waals surface area contributed by atoms with Crippen molar-refractivity contribution < 1.29 is 4.74 Å². The van der Waals surface area contributed by atoms with Crippen LogP contribution in [0.1, 0.15) is 52.4 Å². The van der Waals surface area contributed by atoms with E-state index in [2.05, 4.69) is 25.2 Å². The lowest BCUT2D eigenvalue weighted by atomic mass is 9.84. The summed E-state index contributed by atoms with van der Waals surface area (Å²) in [5.41, 5.74) is 7.81. The van der Waals surface area contributed by atoms with Crippen molar-refractivity contribution in [1.82, 2.24) is 0 Å². The van der Waals surface area contributed by atoms with Gasteiger partial charge in [0.25, 0.3) is 0 Å². The van der Waals surface area contributed by atoms with Crippen LogP contribution in [0.3, 0.4) is 0 Å². The first-order valence-electron chi connectivity index (χ1n) is 8.01. The molecule has 1 aromatic carbocycles. The Morgan fingerprint density at radius 3 is 2.90 bits per heavy atom. The van der Waals surface area contributed by atoms with E-state index in [1.54, 1.807) is 0 Å². The van der Waals surface area contributed by atoms with Crippen LogP contribution in [0.5, 0.6) is 5.75 Å². The zero-order valence-corrected chi connectivity index (χ0v) is 12.8. The molecule has 1 aliphatic carbocycles. The Kier molecular flexibility index (Phi) is 5.57. The Morgan fingerprint density at radius 2 is 2.15 bits per heavy atom. The minimum absolute atomic E-state index is 0.594. The number of hydrogen-bond donors (Lipinski definition) is 2. The van der Waals surface area contributed by atoms with E-state index in [1.807, 2.05) is 12.1 Å². The summed E-state index contributed by atoms with van der Waals surface area (Å²) >= 11 is 0. The van der Waals surface area contributed by atoms with Gasteiger partial charge in [-0.15, -0.1) is 0 Å². The molecule has 1 saturated carbocycles. The van der Waals surface area contributed by atoms with E-state index in [9.17, 15) is 0 Å². The number of nitrogens with two attached hydrogens (primary N) is 1. The Bertz CT molecular complexity index is 419. The summed E-state index contributed by atoms with van der Waals surface area (Å²) in [6.07, 6.45) is 7.58. The van der Waals surface area contributed by atoms with Crippen LogP contribution in [0.4, 0.5) is 11.4 Å². The molecular weight excluding hydrogens is 248 g/mol. The summed E-state index contributed by atoms with van der Waals surface area (Å²) in [4.78, 5) is 0. The van der Waals surface area contributed by atoms with E-state index in [0.29, 0.717) is 6.04 Å². The number of ether oxygens (including phenoxy) is 1. The van der Waals surface area contributed by atoms with Crippen LogP contribution in [-0.2, 0) is 0 Å². The van der Waals surface area contributed by atoms with Crippen LogP contribution < -0.4 is 15.8 Å². The number of nitrogens with one attached hydrogen (secondary N) is 1. The van der Waals surface area contributed by atoms with Gasteiger partial charge < -0.3 is 15.8 Å². The van der Waals surface area contributed by atoms with Gasteiger partial charge in [-0.25, -0.2) is 0 Å². The number of anilines is 2. The Balaban J connectivity index is 1.98. The second kappa shape index (κ2) is 7.41. The Hall–Kier alpha value is -1.38. The third kappa shape index (κ3) is 4.06. The summed E-state index contributed by atoms with van der Waals surface area (Å²) < 4.78 is 5.69. The quantitative estimate of drug-likeness (QED) is 0.755. The summed E-state index contributed by atoms with van der Waals surface area (Å²) in [5.74, 6) is 1.69. The average molecular weight is 276 g/mol. The zero-order valence-electron chi connectivity index (χ0n) is 12.8. The van der Waals surface area contributed by atoms with Gasteiger partial charge in [-0.2, -0.15) is 0 Å². The second-order valence-electron chi connectivity index (χ2n) is 5.88. The normalized spacial score (nSPS) is 22.5. The minimum Gasteiger partial charge on any atom is -0.491 e. The molecule has 112 valence electrons. The van der Waals surface area contributed by atoms with Crippen LogP contribution in [0.2, 0.25) is 0 Å². The van der Waals surface area contributed by atoms with Crippen LogP contribution in [0.25, 0.3) is 0 Å². The molecule has 0 bridgehead atoms. The van der Waals surface area contributed by atoms with Crippen molar-refractivity contribution in [3.63, 3.8) is 0 Å². The molecule has 0 radical (unpaired) electrons. The Morgan fingerprint density at radius 1 is 1.30 bits per heavy atom. The SMILES string of the molecule is CCCOc1cc(NC2CCCC(CC)C2)ccc1N. The van der Waals surface area contributed by atoms with Gasteiger partial charge in [0, 0.05) is 17.8 Å². The molecule has 2 unspecified atom stereocenters. The molecule has 3 heteroatoms. The second-order valence-corrected chi connectivity index (χ2v) is 5.88. The van der Waals surface area contributed by atoms with Crippen molar-refractivity contribution in [2.24, 2.45) is 5.92 Å². The molecule has 0 aliphatic heterocycles. The largest absolute Gasteiger partial charge is 0.491 e. The van der Waals surface area contributed by atoms with Gasteiger partial charge in [-0.1, -0.05) is 33.1 Å². The molecule has 0 heterocycles. The molecular formula is C17H28N2O. The van der Waals surface area contributed by atoms with Crippen LogP contribution in [0.15, 0.2) is 18.2 Å². The lowest BCUT2D eigenvalue weighted by Gasteiger charge is -2.30. The first-order valence-corrected chi connectivity index (χ1v) is 8.01. The maximum atomic E-state index is 5.95. The fourth-order valence-electron chi connectivity index (χ4n) is 2.99. The number of benzene rings is 1. The molecule has 0 saturated heterocycles. The molecule has 2 atom stereocenters. The number of rotatable bonds is 6. The molecule has 2 rings (SSSR count). The van der Waals surface area contributed by atoms with E-state index in [0.717, 1.165) is 36.1 Å². The average Bonchev–Trinajstić information content (AvgIpc) is 2.48. The van der Waals surface area contributed by atoms with E-state index in [1.165, 1.54) is 32.1 Å². The maximum Gasteiger partial charge on any atom is 0.144 e. The van der Waals surface area contributed by atoms with Gasteiger partial charge in [0.2, 0.25) is 0 Å². The maximum absolute atomic E-state index is 5.95. The van der Waals surface area contributed by atoms with Crippen LogP contribution in [0, 0.1) is 5.92 Å². The fourth-order valence-corrected chi connectivity index (χ4v) is 2.99. The smallest absolute Gasteiger partial charge is 0.144 e. The summed E-state index contributed by atoms with van der Waals surface area (Å²) in [6.45, 7) is 5.12. The summed E-state index contributed by atoms with van der Waals surface area (Å²) in [6, 6.07) is 6.63. The monoisotopic (exact) mass is 276 g/mol. The van der Waals surface area contributed by atoms with Gasteiger partial charge in [0.1, 0.15) is 5.75 Å². The predicted molar refractivity (Wildman–Crippen MR) is 86.3 cm³/mol. The molecule has 1 aromatic rings. The molecule has 3 N–H and O–H groups in total. The van der Waals surface area contributed by atoms with Crippen molar-refractivity contribution in [2.75, 3.05) is 17.7 Å². The van der Waals surface area contributed by atoms with E-state index < -0.39 is 0 Å². The topological polar surface area (TPSA) is 47.3 Å². The first kappa shape index (κ1) is 15.0. The molecule has 20 heavy (non-hydrogen) atoms. The van der Waals surface area contributed by atoms with Crippen LogP contribution >= 0.6 is 0 Å². The highest BCUT2D eigenvalue weighted by molar-refractivity contribution is 5.61. The molecule has 1 aliphatic rings. The highest BCUT2D eigenvalue weighted by Crippen LogP contribution is 2.31. The van der Waals surface area contributed by atoms with E-state index in [-0.39, 0.29) is 0 Å². The standard InChI is InChI=1S/C17H28N2O/c1-3-10-20-17-12-15(8-9-16(17)18)19-14-7-5-6-13(4-2)11-14/h8-9,12-14,19H,3-7,10-11,18H2,1-2H3. The lowest BCUT2D eigenvalue weighted by Crippen LogP contribution is -2.27. The van der Waals surface area contributed by atoms with Crippen LogP contribution in [-0.4, -0.2) is 12.6 Å². The van der Waals surface area contributed by atoms with Gasteiger partial charge in [0.05, 0.1) is 12.3 Å². The minimum atomic E-state index is 0.594. The van der Waals surface area contributed by atoms with Gasteiger partial charge in [0.15, 0.2) is 0 Å². The highest BCUT2D eigenvalue weighted by Gasteiger charge is 2.20. The zero-order chi connectivity index (χ0) is 14.4. The number of nitrogen functional groups attached to an aromatic ring is 1. The highest BCUT2D eigenvalue weighted by atomic mass is 16.5. The third-order valence-corrected chi connectivity index (χ3v) is 4.21. The van der Waals surface area contributed by atoms with Crippen molar-refractivity contribution in [3.8, 4) is 5.75 Å². The van der Waals surface area contributed by atoms with Crippen molar-refractivity contribution in [1.29, 1.82) is 0 Å². The third-order valence-electron chi connectivity index (χ3n) is 4.21. The fraction of sp³-hybridized carbons (Fsp3) is 0.647. The lowest BCUT2D eigenvalue weighted by molar-refractivity contribution is 0.318. The molecule has 3 nitrogen and oxygen atoms in total. The predicted octanol–water partition coefficient (Wildman–Crippen LogP) is 4.44. The molecule has 0 spiro atoms. The summed E-state index contributed by atoms with van der Waals surface area (Å²) in [5, 5.41) is 3.65. The van der Waals surface area contributed by atoms with Crippen molar-refractivity contribution in [2.45, 2.75) is 58.4 Å². The Labute approximate surface area is 122 Å². The first-order chi connectivity index (χ1) is 9.72. The number of hydrogen-bond acceptors (Lipinski definition) is 3. The molecule has 1 fully saturated rings. The van der Waals surface area contributed by atoms with Gasteiger partial charge >= 0.3 is 0 Å².